The maximum atomic E-state index is 6.06. The minimum atomic E-state index is 0.112. The molecular weight excluding hydrogens is 238 g/mol. The van der Waals surface area contributed by atoms with Gasteiger partial charge in [0.2, 0.25) is 0 Å². The summed E-state index contributed by atoms with van der Waals surface area (Å²) in [6, 6.07) is 7.94. The zero-order valence-corrected chi connectivity index (χ0v) is 10.9. The van der Waals surface area contributed by atoms with Gasteiger partial charge in [-0.25, -0.2) is 0 Å². The van der Waals surface area contributed by atoms with E-state index in [1.54, 1.807) is 11.8 Å². The van der Waals surface area contributed by atoms with Gasteiger partial charge in [-0.2, -0.15) is 0 Å². The van der Waals surface area contributed by atoms with E-state index in [2.05, 4.69) is 18.2 Å². The fraction of sp³-hybridized carbons (Fsp3) is 0.385. The average Bonchev–Trinajstić information content (AvgIpc) is 2.31. The second kappa shape index (κ2) is 7.62. The Balaban J connectivity index is 2.44. The molecule has 86 valence electrons. The number of hydrogen-bond acceptors (Lipinski definition) is 2. The van der Waals surface area contributed by atoms with Crippen LogP contribution in [0.25, 0.3) is 0 Å². The monoisotopic (exact) mass is 253 g/mol. The van der Waals surface area contributed by atoms with Gasteiger partial charge in [-0.1, -0.05) is 36.6 Å². The molecule has 0 saturated carbocycles. The molecule has 0 bridgehead atoms. The highest BCUT2D eigenvalue weighted by Crippen LogP contribution is 2.26. The third-order valence-corrected chi connectivity index (χ3v) is 3.69. The summed E-state index contributed by atoms with van der Waals surface area (Å²) in [6.07, 6.45) is 6.55. The van der Waals surface area contributed by atoms with Crippen molar-refractivity contribution in [2.24, 2.45) is 0 Å². The molecule has 3 heteroatoms. The fourth-order valence-corrected chi connectivity index (χ4v) is 2.46. The van der Waals surface area contributed by atoms with E-state index in [1.165, 1.54) is 0 Å². The van der Waals surface area contributed by atoms with Gasteiger partial charge in [-0.15, -0.1) is 18.2 Å². The lowest BCUT2D eigenvalue weighted by Gasteiger charge is -2.12. The van der Waals surface area contributed by atoms with Gasteiger partial charge in [0.1, 0.15) is 0 Å². The number of rotatable bonds is 6. The summed E-state index contributed by atoms with van der Waals surface area (Å²) in [7, 11) is 0. The summed E-state index contributed by atoms with van der Waals surface area (Å²) >= 11 is 7.76. The molecule has 0 aliphatic carbocycles. The van der Waals surface area contributed by atoms with E-state index in [-0.39, 0.29) is 6.04 Å². The summed E-state index contributed by atoms with van der Waals surface area (Å²) in [4.78, 5) is 1.09. The highest BCUT2D eigenvalue weighted by atomic mass is 35.5. The quantitative estimate of drug-likeness (QED) is 0.616. The largest absolute Gasteiger partial charge is 0.303 e. The molecule has 0 fully saturated rings. The number of thioether (sulfide) groups is 1. The van der Waals surface area contributed by atoms with Crippen LogP contribution in [0, 0.1) is 12.3 Å². The predicted octanol–water partition coefficient (Wildman–Crippen LogP) is 3.43. The molecule has 1 nitrogen and oxygen atoms in total. The van der Waals surface area contributed by atoms with E-state index in [0.717, 1.165) is 28.6 Å². The molecule has 0 aromatic heterocycles. The molecule has 1 aromatic carbocycles. The molecule has 0 aliphatic rings. The van der Waals surface area contributed by atoms with Crippen LogP contribution >= 0.6 is 23.4 Å². The van der Waals surface area contributed by atoms with E-state index < -0.39 is 0 Å². The summed E-state index contributed by atoms with van der Waals surface area (Å²) in [5.74, 6) is 3.60. The Hall–Kier alpha value is -0.620. The van der Waals surface area contributed by atoms with E-state index in [9.17, 15) is 0 Å². The van der Waals surface area contributed by atoms with Gasteiger partial charge >= 0.3 is 0 Å². The summed E-state index contributed by atoms with van der Waals surface area (Å²) in [5.41, 5.74) is 0. The molecule has 1 rings (SSSR count). The third kappa shape index (κ3) is 4.49. The SMILES string of the molecule is C#CC(CSc1ccccc1Cl)NCCC. The van der Waals surface area contributed by atoms with Gasteiger partial charge in [0, 0.05) is 10.6 Å². The Morgan fingerprint density at radius 3 is 2.88 bits per heavy atom. The lowest BCUT2D eigenvalue weighted by molar-refractivity contribution is 0.642. The Bertz CT molecular complexity index is 359. The molecule has 1 atom stereocenters. The minimum absolute atomic E-state index is 0.112. The molecule has 0 amide bonds. The van der Waals surface area contributed by atoms with Crippen LogP contribution in [0.15, 0.2) is 29.2 Å². The highest BCUT2D eigenvalue weighted by molar-refractivity contribution is 7.99. The molecule has 1 N–H and O–H groups in total. The molecule has 0 saturated heterocycles. The molecule has 0 heterocycles. The second-order valence-electron chi connectivity index (χ2n) is 3.41. The van der Waals surface area contributed by atoms with Crippen LogP contribution in [-0.2, 0) is 0 Å². The Morgan fingerprint density at radius 1 is 1.50 bits per heavy atom. The van der Waals surface area contributed by atoms with Crippen molar-refractivity contribution in [3.63, 3.8) is 0 Å². The minimum Gasteiger partial charge on any atom is -0.303 e. The third-order valence-electron chi connectivity index (χ3n) is 2.08. The first-order valence-corrected chi connectivity index (χ1v) is 6.71. The Labute approximate surface area is 107 Å². The van der Waals surface area contributed by atoms with Crippen LogP contribution in [-0.4, -0.2) is 18.3 Å². The molecule has 0 spiro atoms. The van der Waals surface area contributed by atoms with Crippen molar-refractivity contribution in [1.82, 2.24) is 5.32 Å². The van der Waals surface area contributed by atoms with Gasteiger partial charge in [-0.05, 0) is 25.1 Å². The van der Waals surface area contributed by atoms with E-state index in [1.807, 2.05) is 24.3 Å². The fourth-order valence-electron chi connectivity index (χ4n) is 1.22. The zero-order chi connectivity index (χ0) is 11.8. The first-order valence-electron chi connectivity index (χ1n) is 5.34. The second-order valence-corrected chi connectivity index (χ2v) is 4.88. The first kappa shape index (κ1) is 13.4. The topological polar surface area (TPSA) is 12.0 Å². The summed E-state index contributed by atoms with van der Waals surface area (Å²) < 4.78 is 0. The standard InChI is InChI=1S/C13H16ClNS/c1-3-9-15-11(4-2)10-16-13-8-6-5-7-12(13)14/h2,5-8,11,15H,3,9-10H2,1H3. The van der Waals surface area contributed by atoms with Crippen LogP contribution in [0.5, 0.6) is 0 Å². The first-order chi connectivity index (χ1) is 7.77. The van der Waals surface area contributed by atoms with Crippen molar-refractivity contribution in [2.45, 2.75) is 24.3 Å². The van der Waals surface area contributed by atoms with Crippen molar-refractivity contribution in [2.75, 3.05) is 12.3 Å². The molecule has 1 unspecified atom stereocenters. The molecule has 0 radical (unpaired) electrons. The van der Waals surface area contributed by atoms with Crippen molar-refractivity contribution < 1.29 is 0 Å². The maximum absolute atomic E-state index is 6.06. The molecular formula is C13H16ClNS. The van der Waals surface area contributed by atoms with Crippen LogP contribution in [0.4, 0.5) is 0 Å². The average molecular weight is 254 g/mol. The van der Waals surface area contributed by atoms with Gasteiger partial charge in [0.25, 0.3) is 0 Å². The molecule has 0 aliphatic heterocycles. The van der Waals surface area contributed by atoms with Crippen LogP contribution in [0.1, 0.15) is 13.3 Å². The van der Waals surface area contributed by atoms with E-state index in [0.29, 0.717) is 0 Å². The lowest BCUT2D eigenvalue weighted by Crippen LogP contribution is -2.30. The normalized spacial score (nSPS) is 12.1. The van der Waals surface area contributed by atoms with Crippen molar-refractivity contribution in [3.8, 4) is 12.3 Å². The van der Waals surface area contributed by atoms with Crippen molar-refractivity contribution in [3.05, 3.63) is 29.3 Å². The predicted molar refractivity (Wildman–Crippen MR) is 73.1 cm³/mol. The number of nitrogens with one attached hydrogen (secondary N) is 1. The van der Waals surface area contributed by atoms with Gasteiger partial charge in [-0.3, -0.25) is 0 Å². The van der Waals surface area contributed by atoms with Crippen LogP contribution in [0.2, 0.25) is 5.02 Å². The van der Waals surface area contributed by atoms with E-state index in [4.69, 9.17) is 18.0 Å². The van der Waals surface area contributed by atoms with Crippen LogP contribution in [0.3, 0.4) is 0 Å². The molecule has 1 aromatic rings. The zero-order valence-electron chi connectivity index (χ0n) is 9.37. The number of terminal acetylenes is 1. The smallest absolute Gasteiger partial charge is 0.0782 e. The summed E-state index contributed by atoms with van der Waals surface area (Å²) in [6.45, 7) is 3.08. The Morgan fingerprint density at radius 2 is 2.25 bits per heavy atom. The Kier molecular flexibility index (Phi) is 6.40. The van der Waals surface area contributed by atoms with E-state index >= 15 is 0 Å². The summed E-state index contributed by atoms with van der Waals surface area (Å²) in [5, 5.41) is 4.10. The number of benzene rings is 1. The van der Waals surface area contributed by atoms with Gasteiger partial charge in [0.15, 0.2) is 0 Å². The van der Waals surface area contributed by atoms with Gasteiger partial charge in [0.05, 0.1) is 11.1 Å². The van der Waals surface area contributed by atoms with Gasteiger partial charge < -0.3 is 5.32 Å². The number of halogens is 1. The van der Waals surface area contributed by atoms with Crippen molar-refractivity contribution in [1.29, 1.82) is 0 Å². The lowest BCUT2D eigenvalue weighted by atomic mass is 10.3. The molecule has 16 heavy (non-hydrogen) atoms. The number of hydrogen-bond donors (Lipinski definition) is 1. The van der Waals surface area contributed by atoms with Crippen LogP contribution < -0.4 is 5.32 Å². The maximum Gasteiger partial charge on any atom is 0.0782 e. The van der Waals surface area contributed by atoms with Crippen molar-refractivity contribution >= 4 is 23.4 Å². The highest BCUT2D eigenvalue weighted by Gasteiger charge is 2.06.